The van der Waals surface area contributed by atoms with E-state index in [0.29, 0.717) is 12.2 Å². The topological polar surface area (TPSA) is 147 Å². The van der Waals surface area contributed by atoms with Crippen LogP contribution in [0.3, 0.4) is 0 Å². The predicted molar refractivity (Wildman–Crippen MR) is 128 cm³/mol. The zero-order valence-corrected chi connectivity index (χ0v) is 19.4. The van der Waals surface area contributed by atoms with Crippen LogP contribution in [0.15, 0.2) is 61.3 Å². The number of nitrogen functional groups attached to an aromatic ring is 1. The third-order valence-electron chi connectivity index (χ3n) is 6.01. The molecular formula is C24H26N8O3. The second kappa shape index (κ2) is 10.2. The molecule has 3 N–H and O–H groups in total. The molecule has 0 aliphatic carbocycles. The van der Waals surface area contributed by atoms with E-state index in [-0.39, 0.29) is 18.4 Å². The van der Waals surface area contributed by atoms with Crippen LogP contribution in [0.4, 0.5) is 16.6 Å². The van der Waals surface area contributed by atoms with Crippen LogP contribution >= 0.6 is 0 Å². The highest BCUT2D eigenvalue weighted by Crippen LogP contribution is 2.33. The number of hydrogen-bond donors (Lipinski definition) is 2. The first-order valence-corrected chi connectivity index (χ1v) is 11.2. The third-order valence-corrected chi connectivity index (χ3v) is 6.01. The SMILES string of the molecule is CCC(NC(=O)N1C(=O)[C@H](Cc2ccnc(N)c2)[C@H]1C(=O)N(C)c1ncncn1)c1ccccc1. The first-order chi connectivity index (χ1) is 16.9. The summed E-state index contributed by atoms with van der Waals surface area (Å²) in [4.78, 5) is 57.9. The van der Waals surface area contributed by atoms with Crippen LogP contribution in [-0.2, 0) is 16.0 Å². The van der Waals surface area contributed by atoms with E-state index in [1.54, 1.807) is 12.1 Å². The summed E-state index contributed by atoms with van der Waals surface area (Å²) in [6.07, 6.45) is 4.92. The summed E-state index contributed by atoms with van der Waals surface area (Å²) in [5.74, 6) is -1.25. The van der Waals surface area contributed by atoms with Crippen LogP contribution in [0.5, 0.6) is 0 Å². The molecule has 1 aromatic carbocycles. The minimum Gasteiger partial charge on any atom is -0.384 e. The van der Waals surface area contributed by atoms with Gasteiger partial charge in [-0.3, -0.25) is 19.4 Å². The molecule has 0 radical (unpaired) electrons. The second-order valence-corrected chi connectivity index (χ2v) is 8.21. The van der Waals surface area contributed by atoms with Crippen LogP contribution in [0.1, 0.15) is 30.5 Å². The predicted octanol–water partition coefficient (Wildman–Crippen LogP) is 1.74. The molecule has 11 heteroatoms. The lowest BCUT2D eigenvalue weighted by atomic mass is 9.81. The molecular weight excluding hydrogens is 448 g/mol. The second-order valence-electron chi connectivity index (χ2n) is 8.21. The van der Waals surface area contributed by atoms with Crippen molar-refractivity contribution < 1.29 is 14.4 Å². The van der Waals surface area contributed by atoms with Gasteiger partial charge in [0.2, 0.25) is 11.9 Å². The van der Waals surface area contributed by atoms with E-state index in [9.17, 15) is 14.4 Å². The number of nitrogens with two attached hydrogens (primary N) is 1. The average molecular weight is 475 g/mol. The molecule has 3 atom stereocenters. The minimum absolute atomic E-state index is 0.118. The number of carbonyl (C=O) groups is 3. The van der Waals surface area contributed by atoms with Gasteiger partial charge in [0, 0.05) is 13.2 Å². The van der Waals surface area contributed by atoms with Crippen molar-refractivity contribution in [3.8, 4) is 0 Å². The smallest absolute Gasteiger partial charge is 0.325 e. The molecule has 11 nitrogen and oxygen atoms in total. The largest absolute Gasteiger partial charge is 0.384 e. The van der Waals surface area contributed by atoms with E-state index in [2.05, 4.69) is 25.3 Å². The van der Waals surface area contributed by atoms with Gasteiger partial charge in [0.05, 0.1) is 12.0 Å². The van der Waals surface area contributed by atoms with E-state index in [4.69, 9.17) is 5.73 Å². The van der Waals surface area contributed by atoms with Crippen LogP contribution in [0.25, 0.3) is 0 Å². The maximum Gasteiger partial charge on any atom is 0.325 e. The molecule has 2 aromatic heterocycles. The Morgan fingerprint density at radius 2 is 1.86 bits per heavy atom. The Morgan fingerprint density at radius 3 is 2.51 bits per heavy atom. The van der Waals surface area contributed by atoms with Gasteiger partial charge in [-0.1, -0.05) is 37.3 Å². The van der Waals surface area contributed by atoms with Gasteiger partial charge in [-0.15, -0.1) is 0 Å². The number of anilines is 2. The number of nitrogens with one attached hydrogen (secondary N) is 1. The van der Waals surface area contributed by atoms with Crippen molar-refractivity contribution in [2.24, 2.45) is 5.92 Å². The Balaban J connectivity index is 1.59. The van der Waals surface area contributed by atoms with Crippen LogP contribution in [-0.4, -0.2) is 55.8 Å². The molecule has 0 bridgehead atoms. The highest BCUT2D eigenvalue weighted by atomic mass is 16.2. The highest BCUT2D eigenvalue weighted by Gasteiger charge is 2.55. The van der Waals surface area contributed by atoms with Gasteiger partial charge in [0.1, 0.15) is 24.5 Å². The monoisotopic (exact) mass is 474 g/mol. The summed E-state index contributed by atoms with van der Waals surface area (Å²) in [5, 5.41) is 2.90. The standard InChI is InChI=1S/C24H26N8O3/c1-3-18(16-7-5-4-6-8-16)30-24(35)32-20(22(34)31(2)23-28-13-26-14-29-23)17(21(32)33)11-15-9-10-27-19(25)12-15/h4-10,12-14,17-18,20H,3,11H2,1-2H3,(H2,25,27)(H,30,35)/t17-,18?,20+/m1/s1. The maximum absolute atomic E-state index is 13.5. The molecule has 35 heavy (non-hydrogen) atoms. The van der Waals surface area contributed by atoms with Crippen molar-refractivity contribution >= 4 is 29.6 Å². The van der Waals surface area contributed by atoms with Gasteiger partial charge in [0.15, 0.2) is 0 Å². The van der Waals surface area contributed by atoms with Gasteiger partial charge in [-0.25, -0.2) is 24.7 Å². The molecule has 4 rings (SSSR count). The quantitative estimate of drug-likeness (QED) is 0.492. The summed E-state index contributed by atoms with van der Waals surface area (Å²) >= 11 is 0. The van der Waals surface area contributed by atoms with Crippen LogP contribution in [0, 0.1) is 5.92 Å². The van der Waals surface area contributed by atoms with E-state index in [1.165, 1.54) is 30.8 Å². The Morgan fingerprint density at radius 1 is 1.14 bits per heavy atom. The van der Waals surface area contributed by atoms with Crippen LogP contribution in [0.2, 0.25) is 0 Å². The fourth-order valence-corrected chi connectivity index (χ4v) is 4.16. The number of carbonyl (C=O) groups excluding carboxylic acids is 3. The minimum atomic E-state index is -1.04. The Bertz CT molecular complexity index is 1210. The number of aromatic nitrogens is 4. The first-order valence-electron chi connectivity index (χ1n) is 11.2. The lowest BCUT2D eigenvalue weighted by molar-refractivity contribution is -0.156. The molecule has 0 spiro atoms. The molecule has 1 saturated heterocycles. The van der Waals surface area contributed by atoms with Crippen molar-refractivity contribution in [3.05, 3.63) is 72.4 Å². The number of rotatable bonds is 7. The summed E-state index contributed by atoms with van der Waals surface area (Å²) in [5.41, 5.74) is 7.43. The highest BCUT2D eigenvalue weighted by molar-refractivity contribution is 6.12. The Kier molecular flexibility index (Phi) is 6.95. The fourth-order valence-electron chi connectivity index (χ4n) is 4.16. The zero-order chi connectivity index (χ0) is 24.9. The number of β-lactam (4-membered cyclic amide) rings is 1. The third kappa shape index (κ3) is 4.93. The summed E-state index contributed by atoms with van der Waals surface area (Å²) < 4.78 is 0. The molecule has 180 valence electrons. The summed E-state index contributed by atoms with van der Waals surface area (Å²) in [6, 6.07) is 10.9. The number of hydrogen-bond acceptors (Lipinski definition) is 8. The number of urea groups is 1. The summed E-state index contributed by atoms with van der Waals surface area (Å²) in [7, 11) is 1.50. The van der Waals surface area contributed by atoms with Gasteiger partial charge >= 0.3 is 6.03 Å². The molecule has 3 aromatic rings. The van der Waals surface area contributed by atoms with Crippen molar-refractivity contribution in [2.75, 3.05) is 17.7 Å². The number of likely N-dealkylation sites (tertiary alicyclic amines) is 1. The molecule has 1 fully saturated rings. The van der Waals surface area contributed by atoms with Crippen molar-refractivity contribution in [2.45, 2.75) is 31.8 Å². The molecule has 3 heterocycles. The number of amides is 4. The number of pyridine rings is 1. The number of likely N-dealkylation sites (N-methyl/N-ethyl adjacent to an activating group) is 1. The van der Waals surface area contributed by atoms with Gasteiger partial charge < -0.3 is 11.1 Å². The van der Waals surface area contributed by atoms with Gasteiger partial charge in [-0.2, -0.15) is 0 Å². The number of imide groups is 1. The van der Waals surface area contributed by atoms with E-state index in [0.717, 1.165) is 16.0 Å². The van der Waals surface area contributed by atoms with Gasteiger partial charge in [0.25, 0.3) is 5.91 Å². The van der Waals surface area contributed by atoms with Crippen molar-refractivity contribution in [3.63, 3.8) is 0 Å². The zero-order valence-electron chi connectivity index (χ0n) is 19.4. The molecule has 1 aliphatic rings. The normalized spacial score (nSPS) is 17.9. The Hall–Kier alpha value is -4.41. The van der Waals surface area contributed by atoms with E-state index in [1.807, 2.05) is 37.3 Å². The van der Waals surface area contributed by atoms with Crippen molar-refractivity contribution in [1.82, 2.24) is 30.2 Å². The molecule has 1 unspecified atom stereocenters. The van der Waals surface area contributed by atoms with Gasteiger partial charge in [-0.05, 0) is 36.1 Å². The van der Waals surface area contributed by atoms with E-state index < -0.39 is 29.8 Å². The fraction of sp³-hybridized carbons (Fsp3) is 0.292. The van der Waals surface area contributed by atoms with Crippen LogP contribution < -0.4 is 16.0 Å². The number of nitrogens with zero attached hydrogens (tertiary/aromatic N) is 6. The Labute approximate surface area is 202 Å². The number of benzene rings is 1. The maximum atomic E-state index is 13.5. The average Bonchev–Trinajstić information content (AvgIpc) is 2.89. The molecule has 0 saturated carbocycles. The lowest BCUT2D eigenvalue weighted by Gasteiger charge is -2.45. The lowest BCUT2D eigenvalue weighted by Crippen LogP contribution is -2.70. The summed E-state index contributed by atoms with van der Waals surface area (Å²) in [6.45, 7) is 1.93. The van der Waals surface area contributed by atoms with Crippen molar-refractivity contribution in [1.29, 1.82) is 0 Å². The first kappa shape index (κ1) is 23.7. The van der Waals surface area contributed by atoms with E-state index >= 15 is 0 Å². The molecule has 4 amide bonds. The molecule has 1 aliphatic heterocycles.